The molecular formula is C22H17BrN2O4. The van der Waals surface area contributed by atoms with Crippen LogP contribution in [0.15, 0.2) is 88.4 Å². The van der Waals surface area contributed by atoms with E-state index in [2.05, 4.69) is 26.5 Å². The molecule has 3 aromatic carbocycles. The van der Waals surface area contributed by atoms with Gasteiger partial charge in [-0.3, -0.25) is 4.79 Å². The fourth-order valence-corrected chi connectivity index (χ4v) is 2.68. The predicted octanol–water partition coefficient (Wildman–Crippen LogP) is 4.20. The number of hydrogen-bond donors (Lipinski definition) is 1. The minimum atomic E-state index is -0.446. The molecule has 0 saturated carbocycles. The number of para-hydroxylation sites is 1. The molecule has 0 atom stereocenters. The van der Waals surface area contributed by atoms with Gasteiger partial charge >= 0.3 is 5.97 Å². The molecule has 0 unspecified atom stereocenters. The van der Waals surface area contributed by atoms with Crippen LogP contribution in [0, 0.1) is 0 Å². The van der Waals surface area contributed by atoms with Crippen LogP contribution in [-0.4, -0.2) is 24.7 Å². The van der Waals surface area contributed by atoms with Gasteiger partial charge in [-0.25, -0.2) is 10.2 Å². The summed E-state index contributed by atoms with van der Waals surface area (Å²) in [5.74, 6) is 0.204. The third-order valence-electron chi connectivity index (χ3n) is 3.67. The largest absolute Gasteiger partial charge is 0.484 e. The van der Waals surface area contributed by atoms with Gasteiger partial charge in [0.25, 0.3) is 5.91 Å². The lowest BCUT2D eigenvalue weighted by molar-refractivity contribution is -0.123. The number of ether oxygens (including phenoxy) is 2. The van der Waals surface area contributed by atoms with Crippen molar-refractivity contribution >= 4 is 34.0 Å². The molecular weight excluding hydrogens is 436 g/mol. The highest BCUT2D eigenvalue weighted by Gasteiger charge is 2.08. The van der Waals surface area contributed by atoms with E-state index in [4.69, 9.17) is 9.47 Å². The Labute approximate surface area is 176 Å². The maximum absolute atomic E-state index is 12.1. The number of carbonyl (C=O) groups is 2. The lowest BCUT2D eigenvalue weighted by Crippen LogP contribution is -2.24. The molecule has 0 spiro atoms. The van der Waals surface area contributed by atoms with Crippen molar-refractivity contribution in [2.24, 2.45) is 5.10 Å². The number of rotatable bonds is 7. The van der Waals surface area contributed by atoms with Gasteiger partial charge in [0.2, 0.25) is 0 Å². The lowest BCUT2D eigenvalue weighted by atomic mass is 10.2. The molecule has 7 heteroatoms. The second-order valence-electron chi connectivity index (χ2n) is 5.86. The van der Waals surface area contributed by atoms with Gasteiger partial charge in [-0.1, -0.05) is 40.2 Å². The van der Waals surface area contributed by atoms with E-state index in [1.54, 1.807) is 54.6 Å². The van der Waals surface area contributed by atoms with Crippen molar-refractivity contribution in [1.82, 2.24) is 5.43 Å². The summed E-state index contributed by atoms with van der Waals surface area (Å²) < 4.78 is 11.5. The molecule has 6 nitrogen and oxygen atoms in total. The topological polar surface area (TPSA) is 77.0 Å². The number of benzene rings is 3. The van der Waals surface area contributed by atoms with E-state index in [-0.39, 0.29) is 12.5 Å². The van der Waals surface area contributed by atoms with E-state index < -0.39 is 5.97 Å². The first kappa shape index (κ1) is 20.3. The Bertz CT molecular complexity index is 1000. The van der Waals surface area contributed by atoms with Gasteiger partial charge in [-0.15, -0.1) is 0 Å². The molecule has 0 aliphatic carbocycles. The van der Waals surface area contributed by atoms with Crippen LogP contribution in [0.4, 0.5) is 0 Å². The number of nitrogens with one attached hydrogen (secondary N) is 1. The zero-order valence-corrected chi connectivity index (χ0v) is 16.8. The van der Waals surface area contributed by atoms with Crippen molar-refractivity contribution in [2.75, 3.05) is 6.61 Å². The van der Waals surface area contributed by atoms with E-state index in [0.717, 1.165) is 10.0 Å². The average molecular weight is 453 g/mol. The maximum atomic E-state index is 12.1. The molecule has 0 saturated heterocycles. The van der Waals surface area contributed by atoms with Crippen LogP contribution in [0.5, 0.6) is 11.5 Å². The summed E-state index contributed by atoms with van der Waals surface area (Å²) in [5.41, 5.74) is 3.57. The molecule has 0 radical (unpaired) electrons. The Kier molecular flexibility index (Phi) is 7.13. The highest BCUT2D eigenvalue weighted by Crippen LogP contribution is 2.16. The zero-order chi connectivity index (χ0) is 20.5. The summed E-state index contributed by atoms with van der Waals surface area (Å²) in [6.45, 7) is -0.133. The van der Waals surface area contributed by atoms with E-state index >= 15 is 0 Å². The molecule has 3 aromatic rings. The van der Waals surface area contributed by atoms with Crippen LogP contribution in [0.1, 0.15) is 15.9 Å². The first-order valence-electron chi connectivity index (χ1n) is 8.68. The summed E-state index contributed by atoms with van der Waals surface area (Å²) in [6.07, 6.45) is 1.49. The molecule has 146 valence electrons. The smallest absolute Gasteiger partial charge is 0.343 e. The van der Waals surface area contributed by atoms with Crippen LogP contribution >= 0.6 is 15.9 Å². The molecule has 1 N–H and O–H groups in total. The van der Waals surface area contributed by atoms with Crippen molar-refractivity contribution < 1.29 is 19.1 Å². The van der Waals surface area contributed by atoms with E-state index in [9.17, 15) is 9.59 Å². The maximum Gasteiger partial charge on any atom is 0.343 e. The van der Waals surface area contributed by atoms with Gasteiger partial charge < -0.3 is 9.47 Å². The van der Waals surface area contributed by atoms with Crippen LogP contribution < -0.4 is 14.9 Å². The molecule has 1 amide bonds. The number of esters is 1. The Morgan fingerprint density at radius 3 is 2.41 bits per heavy atom. The Balaban J connectivity index is 1.47. The lowest BCUT2D eigenvalue weighted by Gasteiger charge is -2.05. The number of halogens is 1. The van der Waals surface area contributed by atoms with Gasteiger partial charge in [-0.2, -0.15) is 5.10 Å². The number of hydrogen-bond acceptors (Lipinski definition) is 5. The first-order valence-corrected chi connectivity index (χ1v) is 9.47. The SMILES string of the molecule is O=C(COc1ccccc1)N/N=C/c1ccc(OC(=O)c2cccc(Br)c2)cc1. The quantitative estimate of drug-likeness (QED) is 0.252. The number of nitrogens with zero attached hydrogens (tertiary/aromatic N) is 1. The van der Waals surface area contributed by atoms with Crippen molar-refractivity contribution in [2.45, 2.75) is 0 Å². The third kappa shape index (κ3) is 6.58. The summed E-state index contributed by atoms with van der Waals surface area (Å²) in [6, 6.07) is 22.8. The molecule has 0 bridgehead atoms. The highest BCUT2D eigenvalue weighted by atomic mass is 79.9. The molecule has 0 aliphatic heterocycles. The minimum absolute atomic E-state index is 0.133. The predicted molar refractivity (Wildman–Crippen MR) is 113 cm³/mol. The summed E-state index contributed by atoms with van der Waals surface area (Å²) in [4.78, 5) is 23.9. The standard InChI is InChI=1S/C22H17BrN2O4/c23-18-6-4-5-17(13-18)22(27)29-20-11-9-16(10-12-20)14-24-25-21(26)15-28-19-7-2-1-3-8-19/h1-14H,15H2,(H,25,26)/b24-14+. The van der Waals surface area contributed by atoms with Gasteiger partial charge in [0.05, 0.1) is 11.8 Å². The fourth-order valence-electron chi connectivity index (χ4n) is 2.28. The second kappa shape index (κ2) is 10.2. The van der Waals surface area contributed by atoms with Crippen molar-refractivity contribution in [1.29, 1.82) is 0 Å². The Morgan fingerprint density at radius 2 is 1.69 bits per heavy atom. The monoisotopic (exact) mass is 452 g/mol. The summed E-state index contributed by atoms with van der Waals surface area (Å²) >= 11 is 3.32. The van der Waals surface area contributed by atoms with E-state index in [0.29, 0.717) is 17.1 Å². The highest BCUT2D eigenvalue weighted by molar-refractivity contribution is 9.10. The Hall–Kier alpha value is -3.45. The van der Waals surface area contributed by atoms with Crippen LogP contribution in [0.2, 0.25) is 0 Å². The van der Waals surface area contributed by atoms with Gasteiger partial charge in [-0.05, 0) is 60.2 Å². The van der Waals surface area contributed by atoms with Crippen LogP contribution in [0.3, 0.4) is 0 Å². The van der Waals surface area contributed by atoms with Gasteiger partial charge in [0, 0.05) is 4.47 Å². The third-order valence-corrected chi connectivity index (χ3v) is 4.16. The fraction of sp³-hybridized carbons (Fsp3) is 0.0455. The molecule has 0 fully saturated rings. The normalized spacial score (nSPS) is 10.5. The van der Waals surface area contributed by atoms with Gasteiger partial charge in [0.15, 0.2) is 6.61 Å². The van der Waals surface area contributed by atoms with Crippen molar-refractivity contribution in [3.05, 3.63) is 94.5 Å². The van der Waals surface area contributed by atoms with E-state index in [1.165, 1.54) is 6.21 Å². The second-order valence-corrected chi connectivity index (χ2v) is 6.78. The molecule has 29 heavy (non-hydrogen) atoms. The molecule has 3 rings (SSSR count). The molecule has 0 heterocycles. The Morgan fingerprint density at radius 1 is 0.931 bits per heavy atom. The molecule has 0 aromatic heterocycles. The zero-order valence-electron chi connectivity index (χ0n) is 15.2. The minimum Gasteiger partial charge on any atom is -0.484 e. The number of carbonyl (C=O) groups excluding carboxylic acids is 2. The van der Waals surface area contributed by atoms with Crippen LogP contribution in [0.25, 0.3) is 0 Å². The summed E-state index contributed by atoms with van der Waals surface area (Å²) in [7, 11) is 0. The molecule has 0 aliphatic rings. The van der Waals surface area contributed by atoms with E-state index in [1.807, 2.05) is 24.3 Å². The summed E-state index contributed by atoms with van der Waals surface area (Å²) in [5, 5.41) is 3.88. The average Bonchev–Trinajstić information content (AvgIpc) is 2.74. The first-order chi connectivity index (χ1) is 14.1. The number of hydrazone groups is 1. The van der Waals surface area contributed by atoms with Crippen molar-refractivity contribution in [3.63, 3.8) is 0 Å². The van der Waals surface area contributed by atoms with Gasteiger partial charge in [0.1, 0.15) is 11.5 Å². The number of amides is 1. The van der Waals surface area contributed by atoms with Crippen molar-refractivity contribution in [3.8, 4) is 11.5 Å². The van der Waals surface area contributed by atoms with Crippen LogP contribution in [-0.2, 0) is 4.79 Å².